The molecule has 0 bridgehead atoms. The average molecular weight is 256 g/mol. The molecular weight excluding hydrogens is 232 g/mol. The van der Waals surface area contributed by atoms with Crippen molar-refractivity contribution in [2.75, 3.05) is 27.3 Å². The first-order valence-corrected chi connectivity index (χ1v) is 6.80. The minimum atomic E-state index is 0.282. The van der Waals surface area contributed by atoms with Gasteiger partial charge in [0.15, 0.2) is 0 Å². The highest BCUT2D eigenvalue weighted by molar-refractivity contribution is 7.12. The third-order valence-corrected chi connectivity index (χ3v) is 4.24. The van der Waals surface area contributed by atoms with E-state index in [0.29, 0.717) is 12.6 Å². The standard InChI is InChI=1S/C13H24N2OS/c1-9(8-16-5)15(4)13(7-14)12-6-10(2)17-11(12)3/h6,9,13H,7-8,14H2,1-5H3. The Balaban J connectivity index is 2.87. The maximum absolute atomic E-state index is 5.94. The van der Waals surface area contributed by atoms with Crippen molar-refractivity contribution >= 4 is 11.3 Å². The van der Waals surface area contributed by atoms with Gasteiger partial charge in [-0.2, -0.15) is 0 Å². The highest BCUT2D eigenvalue weighted by Gasteiger charge is 2.22. The van der Waals surface area contributed by atoms with Crippen molar-refractivity contribution in [2.45, 2.75) is 32.9 Å². The number of nitrogens with two attached hydrogens (primary N) is 1. The molecule has 0 radical (unpaired) electrons. The number of thiophene rings is 1. The number of likely N-dealkylation sites (N-methyl/N-ethyl adjacent to an activating group) is 1. The Labute approximate surface area is 109 Å². The van der Waals surface area contributed by atoms with Crippen molar-refractivity contribution in [3.05, 3.63) is 21.4 Å². The smallest absolute Gasteiger partial charge is 0.0615 e. The van der Waals surface area contributed by atoms with Gasteiger partial charge in [0.05, 0.1) is 6.61 Å². The lowest BCUT2D eigenvalue weighted by molar-refractivity contribution is 0.0910. The van der Waals surface area contributed by atoms with Crippen LogP contribution in [0.2, 0.25) is 0 Å². The Hall–Kier alpha value is -0.420. The molecule has 4 heteroatoms. The summed E-state index contributed by atoms with van der Waals surface area (Å²) >= 11 is 1.84. The van der Waals surface area contributed by atoms with E-state index in [1.165, 1.54) is 15.3 Å². The molecule has 0 saturated carbocycles. The highest BCUT2D eigenvalue weighted by atomic mass is 32.1. The number of rotatable bonds is 6. The zero-order valence-corrected chi connectivity index (χ0v) is 12.3. The van der Waals surface area contributed by atoms with Crippen LogP contribution >= 0.6 is 11.3 Å². The van der Waals surface area contributed by atoms with E-state index in [1.54, 1.807) is 7.11 Å². The van der Waals surface area contributed by atoms with Crippen molar-refractivity contribution in [2.24, 2.45) is 5.73 Å². The van der Waals surface area contributed by atoms with Gasteiger partial charge >= 0.3 is 0 Å². The van der Waals surface area contributed by atoms with Crippen LogP contribution in [0.1, 0.15) is 28.3 Å². The third kappa shape index (κ3) is 3.52. The summed E-state index contributed by atoms with van der Waals surface area (Å²) in [4.78, 5) is 5.02. The molecule has 3 nitrogen and oxygen atoms in total. The van der Waals surface area contributed by atoms with Gasteiger partial charge in [-0.15, -0.1) is 11.3 Å². The maximum Gasteiger partial charge on any atom is 0.0615 e. The predicted molar refractivity (Wildman–Crippen MR) is 74.7 cm³/mol. The van der Waals surface area contributed by atoms with E-state index in [1.807, 2.05) is 11.3 Å². The molecule has 98 valence electrons. The first-order chi connectivity index (χ1) is 8.01. The molecule has 0 aromatic carbocycles. The van der Waals surface area contributed by atoms with Gasteiger partial charge in [0.25, 0.3) is 0 Å². The van der Waals surface area contributed by atoms with Crippen molar-refractivity contribution in [1.82, 2.24) is 4.90 Å². The van der Waals surface area contributed by atoms with Gasteiger partial charge in [0.1, 0.15) is 0 Å². The first kappa shape index (κ1) is 14.6. The molecule has 1 aromatic rings. The molecular formula is C13H24N2OS. The summed E-state index contributed by atoms with van der Waals surface area (Å²) in [6.07, 6.45) is 0. The molecule has 2 unspecified atom stereocenters. The second-order valence-corrected chi connectivity index (χ2v) is 6.05. The number of hydrogen-bond donors (Lipinski definition) is 1. The second kappa shape index (κ2) is 6.50. The van der Waals surface area contributed by atoms with Gasteiger partial charge < -0.3 is 10.5 Å². The highest BCUT2D eigenvalue weighted by Crippen LogP contribution is 2.29. The SMILES string of the molecule is COCC(C)N(C)C(CN)c1cc(C)sc1C. The van der Waals surface area contributed by atoms with Crippen LogP contribution in [0, 0.1) is 13.8 Å². The number of methoxy groups -OCH3 is 1. The van der Waals surface area contributed by atoms with E-state index < -0.39 is 0 Å². The Kier molecular flexibility index (Phi) is 5.59. The fourth-order valence-corrected chi connectivity index (χ4v) is 3.14. The fraction of sp³-hybridized carbons (Fsp3) is 0.692. The molecule has 0 amide bonds. The Morgan fingerprint density at radius 1 is 1.47 bits per heavy atom. The van der Waals surface area contributed by atoms with Crippen molar-refractivity contribution < 1.29 is 4.74 Å². The molecule has 0 fully saturated rings. The summed E-state index contributed by atoms with van der Waals surface area (Å²) in [6.45, 7) is 7.86. The molecule has 0 spiro atoms. The normalized spacial score (nSPS) is 15.2. The van der Waals surface area contributed by atoms with E-state index in [4.69, 9.17) is 10.5 Å². The lowest BCUT2D eigenvalue weighted by Crippen LogP contribution is -2.39. The predicted octanol–water partition coefficient (Wildman–Crippen LogP) is 2.33. The number of aryl methyl sites for hydroxylation is 2. The Bertz CT molecular complexity index is 351. The largest absolute Gasteiger partial charge is 0.383 e. The van der Waals surface area contributed by atoms with Crippen molar-refractivity contribution in [1.29, 1.82) is 0 Å². The molecule has 1 aromatic heterocycles. The quantitative estimate of drug-likeness (QED) is 0.849. The fourth-order valence-electron chi connectivity index (χ4n) is 2.16. The summed E-state index contributed by atoms with van der Waals surface area (Å²) in [5.41, 5.74) is 7.30. The van der Waals surface area contributed by atoms with Gasteiger partial charge in [-0.05, 0) is 39.4 Å². The van der Waals surface area contributed by atoms with E-state index in [0.717, 1.165) is 6.61 Å². The van der Waals surface area contributed by atoms with E-state index >= 15 is 0 Å². The average Bonchev–Trinajstić information content (AvgIpc) is 2.59. The lowest BCUT2D eigenvalue weighted by atomic mass is 10.1. The summed E-state index contributed by atoms with van der Waals surface area (Å²) in [5, 5.41) is 0. The maximum atomic E-state index is 5.94. The van der Waals surface area contributed by atoms with Gasteiger partial charge in [-0.1, -0.05) is 0 Å². The first-order valence-electron chi connectivity index (χ1n) is 5.99. The van der Waals surface area contributed by atoms with Crippen LogP contribution in [0.5, 0.6) is 0 Å². The summed E-state index contributed by atoms with van der Waals surface area (Å²) in [7, 11) is 3.86. The number of hydrogen-bond acceptors (Lipinski definition) is 4. The van der Waals surface area contributed by atoms with Crippen molar-refractivity contribution in [3.63, 3.8) is 0 Å². The number of ether oxygens (including phenoxy) is 1. The van der Waals surface area contributed by atoms with Crippen LogP contribution in [-0.2, 0) is 4.74 Å². The molecule has 0 aliphatic heterocycles. The van der Waals surface area contributed by atoms with E-state index in [2.05, 4.69) is 38.8 Å². The van der Waals surface area contributed by atoms with Gasteiger partial charge in [0.2, 0.25) is 0 Å². The van der Waals surface area contributed by atoms with Crippen LogP contribution in [0.15, 0.2) is 6.07 Å². The summed E-state index contributed by atoms with van der Waals surface area (Å²) in [6, 6.07) is 2.91. The van der Waals surface area contributed by atoms with Crippen LogP contribution in [0.3, 0.4) is 0 Å². The number of nitrogens with zero attached hydrogens (tertiary/aromatic N) is 1. The summed E-state index contributed by atoms with van der Waals surface area (Å²) < 4.78 is 5.21. The second-order valence-electron chi connectivity index (χ2n) is 4.59. The molecule has 1 rings (SSSR count). The lowest BCUT2D eigenvalue weighted by Gasteiger charge is -2.32. The summed E-state index contributed by atoms with van der Waals surface area (Å²) in [5.74, 6) is 0. The van der Waals surface area contributed by atoms with E-state index in [-0.39, 0.29) is 6.04 Å². The van der Waals surface area contributed by atoms with Crippen LogP contribution in [0.4, 0.5) is 0 Å². The van der Waals surface area contributed by atoms with Gasteiger partial charge in [0, 0.05) is 35.5 Å². The molecule has 1 heterocycles. The zero-order chi connectivity index (χ0) is 13.0. The van der Waals surface area contributed by atoms with Crippen LogP contribution < -0.4 is 5.73 Å². The molecule has 0 saturated heterocycles. The van der Waals surface area contributed by atoms with Crippen LogP contribution in [-0.4, -0.2) is 38.3 Å². The van der Waals surface area contributed by atoms with Crippen molar-refractivity contribution in [3.8, 4) is 0 Å². The molecule has 0 aliphatic rings. The Morgan fingerprint density at radius 3 is 2.53 bits per heavy atom. The minimum Gasteiger partial charge on any atom is -0.383 e. The molecule has 17 heavy (non-hydrogen) atoms. The topological polar surface area (TPSA) is 38.5 Å². The van der Waals surface area contributed by atoms with Crippen LogP contribution in [0.25, 0.3) is 0 Å². The monoisotopic (exact) mass is 256 g/mol. The molecule has 2 atom stereocenters. The van der Waals surface area contributed by atoms with Gasteiger partial charge in [-0.25, -0.2) is 0 Å². The van der Waals surface area contributed by atoms with E-state index in [9.17, 15) is 0 Å². The van der Waals surface area contributed by atoms with Gasteiger partial charge in [-0.3, -0.25) is 4.90 Å². The zero-order valence-electron chi connectivity index (χ0n) is 11.5. The minimum absolute atomic E-state index is 0.282. The molecule has 0 aliphatic carbocycles. The Morgan fingerprint density at radius 2 is 2.12 bits per heavy atom. The third-order valence-electron chi connectivity index (χ3n) is 3.26. The molecule has 2 N–H and O–H groups in total.